The highest BCUT2D eigenvalue weighted by Gasteiger charge is 2.37. The first-order chi connectivity index (χ1) is 29.0. The molecule has 1 aliphatic carbocycles. The second kappa shape index (κ2) is 12.9. The molecule has 0 aromatic heterocycles. The lowest BCUT2D eigenvalue weighted by molar-refractivity contribution is 0.661. The number of rotatable bonds is 4. The van der Waals surface area contributed by atoms with Gasteiger partial charge in [0.2, 0.25) is 0 Å². The molecule has 0 atom stereocenters. The third kappa shape index (κ3) is 5.03. The number of hydrogen-bond donors (Lipinski definition) is 0. The van der Waals surface area contributed by atoms with Gasteiger partial charge in [0, 0.05) is 5.41 Å². The van der Waals surface area contributed by atoms with Crippen molar-refractivity contribution in [1.29, 1.82) is 0 Å². The van der Waals surface area contributed by atoms with Gasteiger partial charge in [-0.15, -0.1) is 0 Å². The molecule has 11 aromatic carbocycles. The maximum atomic E-state index is 2.44. The average Bonchev–Trinajstić information content (AvgIpc) is 3.52. The fraction of sp³-hybridized carbons (Fsp3) is 0.0508. The zero-order valence-corrected chi connectivity index (χ0v) is 33.1. The van der Waals surface area contributed by atoms with Crippen LogP contribution < -0.4 is 0 Å². The Bertz CT molecular complexity index is 3470. The summed E-state index contributed by atoms with van der Waals surface area (Å²) < 4.78 is 0. The summed E-state index contributed by atoms with van der Waals surface area (Å²) in [5.41, 5.74) is 15.4. The molecule has 0 heterocycles. The Morgan fingerprint density at radius 1 is 0.254 bits per heavy atom. The van der Waals surface area contributed by atoms with Gasteiger partial charge in [0.05, 0.1) is 0 Å². The van der Waals surface area contributed by atoms with Gasteiger partial charge in [-0.3, -0.25) is 0 Å². The van der Waals surface area contributed by atoms with Gasteiger partial charge in [-0.05, 0) is 145 Å². The lowest BCUT2D eigenvalue weighted by Gasteiger charge is -2.22. The van der Waals surface area contributed by atoms with E-state index in [0.717, 1.165) is 0 Å². The molecule has 0 spiro atoms. The van der Waals surface area contributed by atoms with Crippen LogP contribution in [0.25, 0.3) is 109 Å². The van der Waals surface area contributed by atoms with Crippen LogP contribution in [-0.2, 0) is 5.41 Å². The molecule has 59 heavy (non-hydrogen) atoms. The summed E-state index contributed by atoms with van der Waals surface area (Å²) in [7, 11) is 0. The molecule has 0 bridgehead atoms. The van der Waals surface area contributed by atoms with Crippen molar-refractivity contribution < 1.29 is 0 Å². The van der Waals surface area contributed by atoms with E-state index in [1.165, 1.54) is 121 Å². The Morgan fingerprint density at radius 2 is 0.746 bits per heavy atom. The molecule has 1 aliphatic rings. The van der Waals surface area contributed by atoms with Gasteiger partial charge in [0.1, 0.15) is 0 Å². The van der Waals surface area contributed by atoms with Gasteiger partial charge in [0.15, 0.2) is 0 Å². The maximum absolute atomic E-state index is 2.44. The van der Waals surface area contributed by atoms with Gasteiger partial charge >= 0.3 is 0 Å². The summed E-state index contributed by atoms with van der Waals surface area (Å²) in [5, 5.41) is 12.7. The van der Waals surface area contributed by atoms with E-state index < -0.39 is 0 Å². The Kier molecular flexibility index (Phi) is 7.38. The molecule has 0 aliphatic heterocycles. The molecule has 0 fully saturated rings. The van der Waals surface area contributed by atoms with E-state index in [1.807, 2.05) is 0 Å². The van der Waals surface area contributed by atoms with Crippen molar-refractivity contribution in [1.82, 2.24) is 0 Å². The fourth-order valence-electron chi connectivity index (χ4n) is 10.5. The lowest BCUT2D eigenvalue weighted by atomic mass is 9.81. The fourth-order valence-corrected chi connectivity index (χ4v) is 10.5. The molecule has 11 aromatic rings. The van der Waals surface area contributed by atoms with E-state index in [2.05, 4.69) is 220 Å². The molecule has 0 amide bonds. The highest BCUT2D eigenvalue weighted by atomic mass is 14.4. The van der Waals surface area contributed by atoms with Crippen LogP contribution in [0.2, 0.25) is 0 Å². The van der Waals surface area contributed by atoms with Gasteiger partial charge in [0.25, 0.3) is 0 Å². The van der Waals surface area contributed by atoms with Crippen LogP contribution in [0.3, 0.4) is 0 Å². The van der Waals surface area contributed by atoms with Crippen molar-refractivity contribution in [3.63, 3.8) is 0 Å². The Hall–Kier alpha value is -7.28. The zero-order valence-electron chi connectivity index (χ0n) is 33.1. The van der Waals surface area contributed by atoms with Gasteiger partial charge < -0.3 is 0 Å². The first kappa shape index (κ1) is 33.8. The third-order valence-electron chi connectivity index (χ3n) is 13.2. The first-order valence-corrected chi connectivity index (χ1v) is 20.8. The SMILES string of the molecule is CC1(C)c2cc3ccccc3cc2-c2c(-c3cccc(-c4c5ccccc5c(-c5ccccc5-c5cc6ccccc6c6ccccc56)c5ccccc45)c3)cccc21. The minimum Gasteiger partial charge on any atom is -0.0616 e. The average molecular weight is 749 g/mol. The molecule has 0 saturated carbocycles. The van der Waals surface area contributed by atoms with E-state index in [9.17, 15) is 0 Å². The van der Waals surface area contributed by atoms with Crippen molar-refractivity contribution in [2.75, 3.05) is 0 Å². The van der Waals surface area contributed by atoms with E-state index in [4.69, 9.17) is 0 Å². The third-order valence-corrected chi connectivity index (χ3v) is 13.2. The largest absolute Gasteiger partial charge is 0.0616 e. The molecule has 0 radical (unpaired) electrons. The van der Waals surface area contributed by atoms with Crippen molar-refractivity contribution in [3.8, 4) is 55.6 Å². The van der Waals surface area contributed by atoms with E-state index in [1.54, 1.807) is 0 Å². The normalized spacial score (nSPS) is 13.1. The summed E-state index contributed by atoms with van der Waals surface area (Å²) in [6, 6.07) is 77.0. The number of hydrogen-bond acceptors (Lipinski definition) is 0. The molecule has 0 nitrogen and oxygen atoms in total. The molecule has 0 heteroatoms. The lowest BCUT2D eigenvalue weighted by Crippen LogP contribution is -2.14. The number of fused-ring (bicyclic) bond motifs is 9. The van der Waals surface area contributed by atoms with Crippen LogP contribution in [0.5, 0.6) is 0 Å². The maximum Gasteiger partial charge on any atom is 0.0159 e. The van der Waals surface area contributed by atoms with Gasteiger partial charge in [-0.1, -0.05) is 196 Å². The zero-order chi connectivity index (χ0) is 39.2. The molecular weight excluding hydrogens is 709 g/mol. The Balaban J connectivity index is 1.09. The summed E-state index contributed by atoms with van der Waals surface area (Å²) in [4.78, 5) is 0. The van der Waals surface area contributed by atoms with Crippen molar-refractivity contribution in [3.05, 3.63) is 217 Å². The Morgan fingerprint density at radius 3 is 1.46 bits per heavy atom. The molecule has 12 rings (SSSR count). The monoisotopic (exact) mass is 748 g/mol. The van der Waals surface area contributed by atoms with Crippen LogP contribution in [0.15, 0.2) is 206 Å². The van der Waals surface area contributed by atoms with E-state index >= 15 is 0 Å². The van der Waals surface area contributed by atoms with Crippen LogP contribution in [-0.4, -0.2) is 0 Å². The van der Waals surface area contributed by atoms with Crippen LogP contribution >= 0.6 is 0 Å². The minimum atomic E-state index is -0.0972. The second-order valence-corrected chi connectivity index (χ2v) is 16.8. The summed E-state index contributed by atoms with van der Waals surface area (Å²) >= 11 is 0. The van der Waals surface area contributed by atoms with Crippen LogP contribution in [0.4, 0.5) is 0 Å². The number of benzene rings is 11. The summed E-state index contributed by atoms with van der Waals surface area (Å²) in [5.74, 6) is 0. The molecular formula is C59H40. The quantitative estimate of drug-likeness (QED) is 0.124. The van der Waals surface area contributed by atoms with Crippen LogP contribution in [0, 0.1) is 0 Å². The summed E-state index contributed by atoms with van der Waals surface area (Å²) in [6.45, 7) is 4.76. The molecule has 0 saturated heterocycles. The van der Waals surface area contributed by atoms with E-state index in [0.29, 0.717) is 0 Å². The molecule has 0 N–H and O–H groups in total. The standard InChI is InChI=1S/C59H40/c1-59(2)54-32-16-31-43(58(54)53-34-37-17-3-4-18-38(37)36-55(53)59)39-20-15-21-41(33-39)56-48-27-11-13-29-50(48)57(51-30-14-12-28-49(51)56)47-26-10-9-25-46(47)52-35-40-19-5-6-22-42(40)44-23-7-8-24-45(44)52/h3-36H,1-2H3. The predicted octanol–water partition coefficient (Wildman–Crippen LogP) is 16.4. The molecule has 0 unspecified atom stereocenters. The minimum absolute atomic E-state index is 0.0972. The second-order valence-electron chi connectivity index (χ2n) is 16.8. The topological polar surface area (TPSA) is 0 Å². The van der Waals surface area contributed by atoms with Crippen LogP contribution in [0.1, 0.15) is 25.0 Å². The van der Waals surface area contributed by atoms with Crippen molar-refractivity contribution >= 4 is 53.9 Å². The van der Waals surface area contributed by atoms with E-state index in [-0.39, 0.29) is 5.41 Å². The van der Waals surface area contributed by atoms with Crippen molar-refractivity contribution in [2.45, 2.75) is 19.3 Å². The smallest absolute Gasteiger partial charge is 0.0159 e. The molecule has 276 valence electrons. The van der Waals surface area contributed by atoms with Crippen molar-refractivity contribution in [2.24, 2.45) is 0 Å². The highest BCUT2D eigenvalue weighted by molar-refractivity contribution is 6.23. The predicted molar refractivity (Wildman–Crippen MR) is 253 cm³/mol. The van der Waals surface area contributed by atoms with Gasteiger partial charge in [-0.2, -0.15) is 0 Å². The summed E-state index contributed by atoms with van der Waals surface area (Å²) in [6.07, 6.45) is 0. The highest BCUT2D eigenvalue weighted by Crippen LogP contribution is 2.54. The Labute approximate surface area is 344 Å². The van der Waals surface area contributed by atoms with Gasteiger partial charge in [-0.25, -0.2) is 0 Å². The first-order valence-electron chi connectivity index (χ1n) is 20.8.